The molecule has 92 heavy (non-hydrogen) atoms. The van der Waals surface area contributed by atoms with E-state index in [4.69, 9.17) is 18.9 Å². The average Bonchev–Trinajstić information content (AvgIpc) is 0.777. The van der Waals surface area contributed by atoms with Gasteiger partial charge in [-0.15, -0.1) is 0 Å². The lowest BCUT2D eigenvalue weighted by molar-refractivity contribution is -0.193. The molecule has 10 bridgehead atoms. The number of aromatic hydroxyl groups is 3. The zero-order valence-electron chi connectivity index (χ0n) is 53.8. The van der Waals surface area contributed by atoms with Crippen molar-refractivity contribution in [2.45, 2.75) is 203 Å². The SMILES string of the molecule is COC1CCC2=C3C#CC(CCc4ccc(O)c(Cc5cccc(O)c5)c4)CCC4C=CC5OC4CC(O)C4Cc6c(CO)cc(O)c(c6C(CC(C)C)C4)OCc4cc(C67c8c9cccc8CCC6C6(CCCCC6)OCC7CC9)cc6cn(cc46)C(=C35)NC2N1. The molecule has 2 saturated heterocycles. The van der Waals surface area contributed by atoms with Crippen LogP contribution in [0.4, 0.5) is 0 Å². The van der Waals surface area contributed by atoms with Gasteiger partial charge in [0.25, 0.3) is 0 Å². The van der Waals surface area contributed by atoms with Crippen LogP contribution >= 0.6 is 0 Å². The van der Waals surface area contributed by atoms with E-state index in [1.54, 1.807) is 36.9 Å². The van der Waals surface area contributed by atoms with Crippen molar-refractivity contribution in [1.29, 1.82) is 0 Å². The number of benzene rings is 5. The Hall–Kier alpha value is -6.82. The predicted octanol–water partition coefficient (Wildman–Crippen LogP) is 13.8. The third-order valence-electron chi connectivity index (χ3n) is 24.0. The summed E-state index contributed by atoms with van der Waals surface area (Å²) >= 11 is 0. The maximum atomic E-state index is 13.0. The number of phenols is 3. The van der Waals surface area contributed by atoms with Crippen LogP contribution in [-0.2, 0) is 64.9 Å². The van der Waals surface area contributed by atoms with Crippen molar-refractivity contribution in [3.05, 3.63) is 181 Å². The second-order valence-corrected chi connectivity index (χ2v) is 29.6. The van der Waals surface area contributed by atoms with Crippen molar-refractivity contribution in [1.82, 2.24) is 15.2 Å². The molecule has 7 N–H and O–H groups in total. The van der Waals surface area contributed by atoms with Crippen LogP contribution in [0.2, 0.25) is 0 Å². The molecule has 8 heterocycles. The standard InChI is InChI=1S/C80H91N3O9/c1-46(2)31-55-35-54-38-64-57(43-84)39-68(88)76(73(55)64)90-44-58-37-60(80-59-22-19-51-10-8-11-52(75(51)80)21-27-71(80)79(91-45-59)29-5-4-6-30-79)36-56-41-83(42-65(56)58)78-74-62(63-24-28-72(89-3)81-77(63)82-78)23-16-47(15-18-50-20-26-69(74)92-70(50)40-67(54)87)13-14-48-17-25-66(86)53(32-48)33-49-9-7-12-61(85)34-49/h7-12,17,20,25-26,32,34,36-37,39,41-42,46-47,50,54-55,59,67,69-72,77,81-82,84-88H,4-6,13-15,18-19,21-22,24,27-31,33,35,38,40,43-45H2,1-3H3. The summed E-state index contributed by atoms with van der Waals surface area (Å²) in [6.07, 6.45) is 25.1. The summed E-state index contributed by atoms with van der Waals surface area (Å²) in [4.78, 5) is 0. The molecule has 1 spiro atoms. The van der Waals surface area contributed by atoms with Crippen molar-refractivity contribution < 1.29 is 44.5 Å². The number of ether oxygens (including phenoxy) is 4. The van der Waals surface area contributed by atoms with Gasteiger partial charge in [0.2, 0.25) is 0 Å². The van der Waals surface area contributed by atoms with Crippen molar-refractivity contribution in [2.24, 2.45) is 35.5 Å². The molecule has 5 aromatic carbocycles. The molecule has 12 heteroatoms. The number of nitrogens with zero attached hydrogens (tertiary/aromatic N) is 1. The third-order valence-corrected chi connectivity index (χ3v) is 24.0. The van der Waals surface area contributed by atoms with E-state index in [9.17, 15) is 25.5 Å². The Labute approximate surface area is 542 Å². The smallest absolute Gasteiger partial charge is 0.165 e. The van der Waals surface area contributed by atoms with Gasteiger partial charge in [0.05, 0.1) is 31.0 Å². The van der Waals surface area contributed by atoms with Crippen LogP contribution in [0.3, 0.4) is 0 Å². The van der Waals surface area contributed by atoms with Gasteiger partial charge in [0.1, 0.15) is 42.4 Å². The highest BCUT2D eigenvalue weighted by atomic mass is 16.5. The highest BCUT2D eigenvalue weighted by Gasteiger charge is 2.63. The number of aryl methyl sites for hydroxylation is 3. The first kappa shape index (κ1) is 60.1. The molecule has 3 fully saturated rings. The van der Waals surface area contributed by atoms with Crippen LogP contribution < -0.4 is 15.4 Å². The lowest BCUT2D eigenvalue weighted by Gasteiger charge is -2.63. The van der Waals surface area contributed by atoms with E-state index in [2.05, 4.69) is 102 Å². The molecule has 1 saturated carbocycles. The summed E-state index contributed by atoms with van der Waals surface area (Å²) in [7, 11) is 1.78. The zero-order valence-corrected chi connectivity index (χ0v) is 53.8. The van der Waals surface area contributed by atoms with Gasteiger partial charge in [-0.25, -0.2) is 0 Å². The summed E-state index contributed by atoms with van der Waals surface area (Å²) in [6.45, 7) is 5.22. The molecule has 18 rings (SSSR count). The number of aliphatic hydroxyl groups is 2. The minimum absolute atomic E-state index is 0.00407. The number of aromatic nitrogens is 1. The number of aliphatic hydroxyl groups excluding tert-OH is 2. The van der Waals surface area contributed by atoms with Gasteiger partial charge in [0, 0.05) is 83.0 Å². The maximum Gasteiger partial charge on any atom is 0.165 e. The molecule has 12 nitrogen and oxygen atoms in total. The van der Waals surface area contributed by atoms with Gasteiger partial charge in [-0.3, -0.25) is 5.32 Å². The zero-order chi connectivity index (χ0) is 62.6. The minimum Gasteiger partial charge on any atom is -0.508 e. The van der Waals surface area contributed by atoms with Gasteiger partial charge in [-0.1, -0.05) is 106 Å². The number of rotatable bonds is 10. The Morgan fingerprint density at radius 2 is 1.67 bits per heavy atom. The van der Waals surface area contributed by atoms with Crippen LogP contribution in [0.1, 0.15) is 177 Å². The Balaban J connectivity index is 0.897. The number of dihydropyridines is 1. The second kappa shape index (κ2) is 24.2. The summed E-state index contributed by atoms with van der Waals surface area (Å²) in [5, 5.41) is 68.2. The van der Waals surface area contributed by atoms with Gasteiger partial charge in [0.15, 0.2) is 11.5 Å². The highest BCUT2D eigenvalue weighted by molar-refractivity contribution is 5.89. The Morgan fingerprint density at radius 1 is 0.826 bits per heavy atom. The van der Waals surface area contributed by atoms with Gasteiger partial charge in [-0.05, 0) is 212 Å². The van der Waals surface area contributed by atoms with Crippen LogP contribution in [0, 0.1) is 47.3 Å². The van der Waals surface area contributed by atoms with Gasteiger partial charge in [-0.2, -0.15) is 0 Å². The lowest BCUT2D eigenvalue weighted by Crippen LogP contribution is -2.64. The molecule has 7 aliphatic heterocycles. The number of fused-ring (bicyclic) bond motifs is 8. The van der Waals surface area contributed by atoms with E-state index in [1.165, 1.54) is 41.5 Å². The molecule has 480 valence electrons. The van der Waals surface area contributed by atoms with Crippen molar-refractivity contribution in [3.63, 3.8) is 0 Å². The van der Waals surface area contributed by atoms with Crippen LogP contribution in [-0.4, -0.2) is 80.1 Å². The topological polar surface area (TPSA) is 167 Å². The normalized spacial score (nSPS) is 30.1. The Bertz CT molecular complexity index is 4010. The average molecular weight is 1240 g/mol. The van der Waals surface area contributed by atoms with E-state index < -0.39 is 12.2 Å². The summed E-state index contributed by atoms with van der Waals surface area (Å²) in [5.74, 6) is 10.6. The predicted molar refractivity (Wildman–Crippen MR) is 357 cm³/mol. The highest BCUT2D eigenvalue weighted by Crippen LogP contribution is 2.65. The quantitative estimate of drug-likeness (QED) is 0.0515. The fourth-order valence-corrected chi connectivity index (χ4v) is 19.8. The molecule has 5 aliphatic carbocycles. The first-order chi connectivity index (χ1) is 44.8. The molecule has 1 aromatic heterocycles. The van der Waals surface area contributed by atoms with E-state index in [1.807, 2.05) is 18.2 Å². The summed E-state index contributed by atoms with van der Waals surface area (Å²) < 4.78 is 30.9. The van der Waals surface area contributed by atoms with Crippen molar-refractivity contribution in [3.8, 4) is 34.8 Å². The van der Waals surface area contributed by atoms with Crippen LogP contribution in [0.25, 0.3) is 16.6 Å². The van der Waals surface area contributed by atoms with E-state index in [0.717, 1.165) is 151 Å². The molecule has 0 radical (unpaired) electrons. The Morgan fingerprint density at radius 3 is 2.50 bits per heavy atom. The van der Waals surface area contributed by atoms with Crippen LogP contribution in [0.15, 0.2) is 120 Å². The first-order valence-corrected chi connectivity index (χ1v) is 35.0. The molecule has 12 atom stereocenters. The number of phenolic OH excluding ortho intramolecular Hbond substituents is 3. The van der Waals surface area contributed by atoms with Crippen LogP contribution in [0.5, 0.6) is 23.0 Å². The Kier molecular flexibility index (Phi) is 15.8. The number of piperidine rings is 1. The van der Waals surface area contributed by atoms with E-state index in [0.29, 0.717) is 48.8 Å². The number of hydrogen-bond acceptors (Lipinski definition) is 11. The number of methoxy groups -OCH3 is 1. The lowest BCUT2D eigenvalue weighted by atomic mass is 9.45. The fraction of sp³-hybridized carbons (Fsp3) is 0.500. The largest absolute Gasteiger partial charge is 0.508 e. The number of nitrogens with one attached hydrogen (secondary N) is 2. The first-order valence-electron chi connectivity index (χ1n) is 35.0. The molecule has 6 aromatic rings. The molecule has 12 unspecified atom stereocenters. The van der Waals surface area contributed by atoms with E-state index >= 15 is 0 Å². The van der Waals surface area contributed by atoms with Gasteiger partial charge >= 0.3 is 0 Å². The van der Waals surface area contributed by atoms with Crippen molar-refractivity contribution in [2.75, 3.05) is 13.7 Å². The molecule has 0 amide bonds. The minimum atomic E-state index is -0.722. The summed E-state index contributed by atoms with van der Waals surface area (Å²) in [5.41, 5.74) is 15.1. The molecule has 12 aliphatic rings. The monoisotopic (exact) mass is 1240 g/mol. The molecular weight excluding hydrogens is 1150 g/mol. The third kappa shape index (κ3) is 10.4. The van der Waals surface area contributed by atoms with E-state index in [-0.39, 0.29) is 89.6 Å². The second-order valence-electron chi connectivity index (χ2n) is 29.6. The number of hydrogen-bond donors (Lipinski definition) is 7. The van der Waals surface area contributed by atoms with Crippen molar-refractivity contribution >= 4 is 16.6 Å². The maximum absolute atomic E-state index is 13.0. The molecular formula is C80H91N3O9. The van der Waals surface area contributed by atoms with Gasteiger partial charge < -0.3 is 54.4 Å². The fourth-order valence-electron chi connectivity index (χ4n) is 19.8. The summed E-state index contributed by atoms with van der Waals surface area (Å²) in [6, 6.07) is 27.1.